The highest BCUT2D eigenvalue weighted by atomic mass is 15.3. The van der Waals surface area contributed by atoms with Gasteiger partial charge in [0.05, 0.1) is 11.4 Å². The monoisotopic (exact) mass is 405 g/mol. The van der Waals surface area contributed by atoms with Gasteiger partial charge in [0, 0.05) is 34.3 Å². The zero-order chi connectivity index (χ0) is 21.0. The van der Waals surface area contributed by atoms with E-state index in [0.29, 0.717) is 0 Å². The molecule has 152 valence electrons. The summed E-state index contributed by atoms with van der Waals surface area (Å²) in [5.41, 5.74) is 14.3. The fourth-order valence-corrected chi connectivity index (χ4v) is 4.52. The first-order chi connectivity index (χ1) is 15.1. The Morgan fingerprint density at radius 1 is 0.935 bits per heavy atom. The summed E-state index contributed by atoms with van der Waals surface area (Å²) in [6, 6.07) is 23.1. The average Bonchev–Trinajstić information content (AvgIpc) is 3.18. The molecule has 0 spiro atoms. The number of hydrogen-bond acceptors (Lipinski definition) is 4. The van der Waals surface area contributed by atoms with E-state index in [0.717, 1.165) is 57.6 Å². The molecule has 0 amide bonds. The highest BCUT2D eigenvalue weighted by Crippen LogP contribution is 2.40. The Hall–Kier alpha value is -3.57. The summed E-state index contributed by atoms with van der Waals surface area (Å²) in [6.07, 6.45) is 5.20. The molecule has 1 saturated carbocycles. The minimum absolute atomic E-state index is 0.165. The van der Waals surface area contributed by atoms with Crippen LogP contribution in [0.25, 0.3) is 39.1 Å². The van der Waals surface area contributed by atoms with Crippen LogP contribution in [0.3, 0.4) is 0 Å². The number of nitrogens with zero attached hydrogens (tertiary/aromatic N) is 4. The summed E-state index contributed by atoms with van der Waals surface area (Å²) in [5.74, 6) is 0. The van der Waals surface area contributed by atoms with Crippen LogP contribution in [0.5, 0.6) is 0 Å². The summed E-state index contributed by atoms with van der Waals surface area (Å²) in [5, 5.41) is 5.58. The molecular weight excluding hydrogens is 382 g/mol. The van der Waals surface area contributed by atoms with Gasteiger partial charge in [-0.1, -0.05) is 54.6 Å². The predicted molar refractivity (Wildman–Crippen MR) is 124 cm³/mol. The lowest BCUT2D eigenvalue weighted by Gasteiger charge is -2.38. The molecule has 0 radical (unpaired) electrons. The van der Waals surface area contributed by atoms with Crippen molar-refractivity contribution in [3.8, 4) is 22.4 Å². The van der Waals surface area contributed by atoms with Gasteiger partial charge in [0.2, 0.25) is 0 Å². The van der Waals surface area contributed by atoms with Crippen LogP contribution in [0.4, 0.5) is 0 Å². The second-order valence-corrected chi connectivity index (χ2v) is 8.56. The maximum Gasteiger partial charge on any atom is 0.165 e. The van der Waals surface area contributed by atoms with Crippen molar-refractivity contribution in [3.63, 3.8) is 0 Å². The largest absolute Gasteiger partial charge is 0.321 e. The highest BCUT2D eigenvalue weighted by Gasteiger charge is 2.34. The van der Waals surface area contributed by atoms with Crippen molar-refractivity contribution in [1.82, 2.24) is 19.6 Å². The average molecular weight is 406 g/mol. The maximum absolute atomic E-state index is 6.54. The number of aromatic nitrogens is 4. The van der Waals surface area contributed by atoms with E-state index in [4.69, 9.17) is 10.7 Å². The molecule has 0 unspecified atom stereocenters. The van der Waals surface area contributed by atoms with Crippen LogP contribution < -0.4 is 5.73 Å². The van der Waals surface area contributed by atoms with Gasteiger partial charge in [-0.2, -0.15) is 9.61 Å². The van der Waals surface area contributed by atoms with E-state index < -0.39 is 0 Å². The van der Waals surface area contributed by atoms with Gasteiger partial charge in [-0.3, -0.25) is 0 Å². The summed E-state index contributed by atoms with van der Waals surface area (Å²) in [7, 11) is 0. The summed E-state index contributed by atoms with van der Waals surface area (Å²) in [6.45, 7) is 1.97. The Kier molecular flexibility index (Phi) is 3.95. The lowest BCUT2D eigenvalue weighted by molar-refractivity contribution is 0.253. The van der Waals surface area contributed by atoms with Crippen molar-refractivity contribution in [3.05, 3.63) is 84.2 Å². The van der Waals surface area contributed by atoms with Gasteiger partial charge in [-0.25, -0.2) is 9.97 Å². The van der Waals surface area contributed by atoms with Crippen molar-refractivity contribution < 1.29 is 0 Å². The second kappa shape index (κ2) is 6.72. The molecule has 1 fully saturated rings. The zero-order valence-corrected chi connectivity index (χ0v) is 17.4. The third kappa shape index (κ3) is 2.93. The molecule has 5 aromatic rings. The Balaban J connectivity index is 1.59. The third-order valence-electron chi connectivity index (χ3n) is 6.44. The lowest BCUT2D eigenvalue weighted by atomic mass is 9.72. The Morgan fingerprint density at radius 2 is 1.71 bits per heavy atom. The van der Waals surface area contributed by atoms with E-state index in [1.807, 2.05) is 29.8 Å². The molecule has 0 bridgehead atoms. The van der Waals surface area contributed by atoms with Crippen LogP contribution in [0.2, 0.25) is 0 Å². The molecule has 6 rings (SSSR count). The van der Waals surface area contributed by atoms with Crippen LogP contribution >= 0.6 is 0 Å². The highest BCUT2D eigenvalue weighted by molar-refractivity contribution is 5.90. The number of aryl methyl sites for hydroxylation is 1. The fraction of sp³-hybridized carbons (Fsp3) is 0.192. The van der Waals surface area contributed by atoms with Crippen molar-refractivity contribution in [2.24, 2.45) is 5.73 Å². The smallest absolute Gasteiger partial charge is 0.165 e. The standard InChI is InChI=1S/C26H23N5/c1-17-14-23-28-16-20-15-22(18-6-3-2-4-7-18)24(29-25(20)31(23)30-17)19-8-10-21(11-9-19)26(27)12-5-13-26/h2-4,6-11,14-16H,5,12-13,27H2,1H3. The number of benzene rings is 2. The van der Waals surface area contributed by atoms with Gasteiger partial charge in [0.25, 0.3) is 0 Å². The normalized spacial score (nSPS) is 15.3. The van der Waals surface area contributed by atoms with Crippen LogP contribution in [-0.4, -0.2) is 19.6 Å². The molecule has 3 heterocycles. The van der Waals surface area contributed by atoms with E-state index in [1.165, 1.54) is 12.0 Å². The molecule has 0 atom stereocenters. The molecule has 0 aliphatic heterocycles. The molecule has 5 heteroatoms. The van der Waals surface area contributed by atoms with E-state index in [1.54, 1.807) is 0 Å². The van der Waals surface area contributed by atoms with Crippen LogP contribution in [0.15, 0.2) is 72.9 Å². The summed E-state index contributed by atoms with van der Waals surface area (Å²) < 4.78 is 1.83. The molecule has 0 saturated heterocycles. The molecule has 2 N–H and O–H groups in total. The fourth-order valence-electron chi connectivity index (χ4n) is 4.52. The molecule has 1 aliphatic carbocycles. The molecule has 31 heavy (non-hydrogen) atoms. The quantitative estimate of drug-likeness (QED) is 0.445. The van der Waals surface area contributed by atoms with E-state index in [-0.39, 0.29) is 5.54 Å². The van der Waals surface area contributed by atoms with E-state index in [2.05, 4.69) is 64.7 Å². The Labute approximate surface area is 180 Å². The lowest BCUT2D eigenvalue weighted by Crippen LogP contribution is -2.43. The Bertz CT molecular complexity index is 1410. The van der Waals surface area contributed by atoms with E-state index in [9.17, 15) is 0 Å². The topological polar surface area (TPSA) is 69.1 Å². The second-order valence-electron chi connectivity index (χ2n) is 8.56. The minimum atomic E-state index is -0.165. The Morgan fingerprint density at radius 3 is 2.42 bits per heavy atom. The van der Waals surface area contributed by atoms with E-state index >= 15 is 0 Å². The predicted octanol–water partition coefficient (Wildman–Crippen LogP) is 5.26. The van der Waals surface area contributed by atoms with Gasteiger partial charge >= 0.3 is 0 Å². The molecule has 3 aromatic heterocycles. The molecular formula is C26H23N5. The first kappa shape index (κ1) is 18.2. The first-order valence-corrected chi connectivity index (χ1v) is 10.7. The van der Waals surface area contributed by atoms with Crippen molar-refractivity contribution in [2.45, 2.75) is 31.7 Å². The minimum Gasteiger partial charge on any atom is -0.321 e. The molecule has 2 aromatic carbocycles. The number of fused-ring (bicyclic) bond motifs is 3. The van der Waals surface area contributed by atoms with Crippen molar-refractivity contribution >= 4 is 16.7 Å². The molecule has 1 aliphatic rings. The number of nitrogens with two attached hydrogens (primary N) is 1. The number of hydrogen-bond donors (Lipinski definition) is 1. The first-order valence-electron chi connectivity index (χ1n) is 10.7. The van der Waals surface area contributed by atoms with Crippen LogP contribution in [0, 0.1) is 6.92 Å². The zero-order valence-electron chi connectivity index (χ0n) is 17.4. The van der Waals surface area contributed by atoms with Gasteiger partial charge in [0.1, 0.15) is 0 Å². The maximum atomic E-state index is 6.54. The summed E-state index contributed by atoms with van der Waals surface area (Å²) >= 11 is 0. The molecule has 5 nitrogen and oxygen atoms in total. The third-order valence-corrected chi connectivity index (χ3v) is 6.44. The van der Waals surface area contributed by atoms with Crippen LogP contribution in [-0.2, 0) is 5.54 Å². The van der Waals surface area contributed by atoms with Gasteiger partial charge in [0.15, 0.2) is 11.3 Å². The summed E-state index contributed by atoms with van der Waals surface area (Å²) in [4.78, 5) is 9.69. The van der Waals surface area contributed by atoms with Crippen molar-refractivity contribution in [1.29, 1.82) is 0 Å². The van der Waals surface area contributed by atoms with Gasteiger partial charge < -0.3 is 5.73 Å². The number of rotatable bonds is 3. The van der Waals surface area contributed by atoms with Crippen molar-refractivity contribution in [2.75, 3.05) is 0 Å². The van der Waals surface area contributed by atoms with Gasteiger partial charge in [-0.05, 0) is 43.4 Å². The van der Waals surface area contributed by atoms with Gasteiger partial charge in [-0.15, -0.1) is 0 Å². The number of pyridine rings is 1. The van der Waals surface area contributed by atoms with Crippen LogP contribution in [0.1, 0.15) is 30.5 Å². The SMILES string of the molecule is Cc1cc2ncc3cc(-c4ccccc4)c(-c4ccc(C5(N)CCC5)cc4)nc3n2n1.